The number of aromatic nitrogens is 1. The molecular formula is C13H17N3O3. The van der Waals surface area contributed by atoms with Crippen molar-refractivity contribution in [3.05, 3.63) is 24.0 Å². The molecule has 19 heavy (non-hydrogen) atoms. The number of aliphatic carboxylic acids is 1. The summed E-state index contributed by atoms with van der Waals surface area (Å²) in [7, 11) is 0. The normalized spacial score (nSPS) is 16.3. The van der Waals surface area contributed by atoms with Crippen molar-refractivity contribution in [2.24, 2.45) is 0 Å². The van der Waals surface area contributed by atoms with E-state index in [-0.39, 0.29) is 12.5 Å². The topological polar surface area (TPSA) is 91.3 Å². The van der Waals surface area contributed by atoms with E-state index >= 15 is 0 Å². The highest BCUT2D eigenvalue weighted by molar-refractivity contribution is 5.90. The van der Waals surface area contributed by atoms with Gasteiger partial charge in [-0.3, -0.25) is 9.78 Å². The monoisotopic (exact) mass is 263 g/mol. The summed E-state index contributed by atoms with van der Waals surface area (Å²) in [6.07, 6.45) is 3.89. The van der Waals surface area contributed by atoms with Gasteiger partial charge < -0.3 is 15.7 Å². The number of carbonyl (C=O) groups excluding carboxylic acids is 1. The smallest absolute Gasteiger partial charge is 0.319 e. The molecule has 0 atom stereocenters. The molecule has 0 saturated heterocycles. The lowest BCUT2D eigenvalue weighted by atomic mass is 9.74. The first-order valence-corrected chi connectivity index (χ1v) is 6.23. The number of nitrogens with zero attached hydrogens (tertiary/aromatic N) is 1. The summed E-state index contributed by atoms with van der Waals surface area (Å²) in [5.74, 6) is -0.892. The van der Waals surface area contributed by atoms with Gasteiger partial charge in [0.05, 0.1) is 23.8 Å². The van der Waals surface area contributed by atoms with E-state index in [1.807, 2.05) is 6.92 Å². The van der Waals surface area contributed by atoms with Crippen LogP contribution in [0.3, 0.4) is 0 Å². The summed E-state index contributed by atoms with van der Waals surface area (Å²) in [6.45, 7) is 1.86. The number of carbonyl (C=O) groups is 2. The number of pyridine rings is 1. The molecule has 0 aromatic carbocycles. The average molecular weight is 263 g/mol. The Kier molecular flexibility index (Phi) is 3.69. The third-order valence-corrected chi connectivity index (χ3v) is 3.35. The fourth-order valence-corrected chi connectivity index (χ4v) is 2.18. The van der Waals surface area contributed by atoms with Crippen LogP contribution in [0.2, 0.25) is 0 Å². The molecule has 1 saturated carbocycles. The minimum absolute atomic E-state index is 0.0352. The summed E-state index contributed by atoms with van der Waals surface area (Å²) < 4.78 is 0. The number of nitrogens with one attached hydrogen (secondary N) is 2. The van der Waals surface area contributed by atoms with Crippen molar-refractivity contribution in [1.82, 2.24) is 10.3 Å². The van der Waals surface area contributed by atoms with Gasteiger partial charge in [-0.25, -0.2) is 4.79 Å². The maximum absolute atomic E-state index is 11.8. The third kappa shape index (κ3) is 3.43. The molecule has 1 aromatic rings. The van der Waals surface area contributed by atoms with Crippen LogP contribution < -0.4 is 10.6 Å². The number of rotatable bonds is 4. The van der Waals surface area contributed by atoms with E-state index in [2.05, 4.69) is 15.6 Å². The van der Waals surface area contributed by atoms with Crippen molar-refractivity contribution in [3.8, 4) is 0 Å². The Labute approximate surface area is 111 Å². The van der Waals surface area contributed by atoms with Crippen molar-refractivity contribution < 1.29 is 14.7 Å². The lowest BCUT2D eigenvalue weighted by molar-refractivity contribution is -0.139. The molecule has 6 heteroatoms. The van der Waals surface area contributed by atoms with Gasteiger partial charge in [-0.1, -0.05) is 0 Å². The van der Waals surface area contributed by atoms with E-state index < -0.39 is 11.5 Å². The second kappa shape index (κ2) is 5.26. The van der Waals surface area contributed by atoms with Crippen LogP contribution in [0.4, 0.5) is 10.5 Å². The van der Waals surface area contributed by atoms with Crippen LogP contribution in [-0.2, 0) is 4.79 Å². The molecule has 2 amide bonds. The number of anilines is 1. The van der Waals surface area contributed by atoms with E-state index in [4.69, 9.17) is 5.11 Å². The number of carboxylic acids is 1. The van der Waals surface area contributed by atoms with Gasteiger partial charge in [0.15, 0.2) is 0 Å². The molecule has 6 nitrogen and oxygen atoms in total. The van der Waals surface area contributed by atoms with Gasteiger partial charge in [-0.15, -0.1) is 0 Å². The molecule has 2 rings (SSSR count). The van der Waals surface area contributed by atoms with Crippen LogP contribution in [0.1, 0.15) is 31.4 Å². The van der Waals surface area contributed by atoms with E-state index in [0.29, 0.717) is 18.5 Å². The fourth-order valence-electron chi connectivity index (χ4n) is 2.18. The van der Waals surface area contributed by atoms with Gasteiger partial charge in [-0.2, -0.15) is 0 Å². The molecule has 102 valence electrons. The molecule has 0 spiro atoms. The van der Waals surface area contributed by atoms with Gasteiger partial charge in [0.1, 0.15) is 0 Å². The molecule has 1 fully saturated rings. The summed E-state index contributed by atoms with van der Waals surface area (Å²) >= 11 is 0. The summed E-state index contributed by atoms with van der Waals surface area (Å²) in [6, 6.07) is 3.17. The third-order valence-electron chi connectivity index (χ3n) is 3.35. The van der Waals surface area contributed by atoms with Crippen LogP contribution in [0.5, 0.6) is 0 Å². The Morgan fingerprint density at radius 3 is 2.63 bits per heavy atom. The molecule has 1 aliphatic carbocycles. The Bertz CT molecular complexity index is 480. The van der Waals surface area contributed by atoms with Crippen LogP contribution in [-0.4, -0.2) is 27.6 Å². The van der Waals surface area contributed by atoms with Gasteiger partial charge in [0.25, 0.3) is 0 Å². The highest BCUT2D eigenvalue weighted by atomic mass is 16.4. The van der Waals surface area contributed by atoms with Crippen LogP contribution in [0.15, 0.2) is 18.3 Å². The molecule has 0 unspecified atom stereocenters. The molecule has 1 aliphatic rings. The van der Waals surface area contributed by atoms with Gasteiger partial charge >= 0.3 is 12.0 Å². The van der Waals surface area contributed by atoms with Crippen molar-refractivity contribution in [1.29, 1.82) is 0 Å². The Morgan fingerprint density at radius 2 is 2.16 bits per heavy atom. The largest absolute Gasteiger partial charge is 0.481 e. The first kappa shape index (κ1) is 13.3. The molecule has 1 aromatic heterocycles. The zero-order valence-electron chi connectivity index (χ0n) is 10.8. The predicted molar refractivity (Wildman–Crippen MR) is 70.0 cm³/mol. The van der Waals surface area contributed by atoms with Crippen LogP contribution >= 0.6 is 0 Å². The van der Waals surface area contributed by atoms with E-state index in [9.17, 15) is 9.59 Å². The summed E-state index contributed by atoms with van der Waals surface area (Å²) in [4.78, 5) is 26.7. The highest BCUT2D eigenvalue weighted by Gasteiger charge is 2.40. The van der Waals surface area contributed by atoms with Gasteiger partial charge in [0, 0.05) is 5.69 Å². The van der Waals surface area contributed by atoms with Crippen molar-refractivity contribution in [2.75, 3.05) is 5.32 Å². The minimum atomic E-state index is -0.892. The standard InChI is InChI=1S/C13H17N3O3/c1-9-3-4-10(8-14-9)15-12(19)16-13(5-2-6-13)7-11(17)18/h3-4,8H,2,5-7H2,1H3,(H,17,18)(H2,15,16,19). The zero-order chi connectivity index (χ0) is 13.9. The Hall–Kier alpha value is -2.11. The predicted octanol–water partition coefficient (Wildman–Crippen LogP) is 1.91. The number of hydrogen-bond acceptors (Lipinski definition) is 3. The first-order valence-electron chi connectivity index (χ1n) is 6.23. The lowest BCUT2D eigenvalue weighted by Gasteiger charge is -2.41. The Morgan fingerprint density at radius 1 is 1.42 bits per heavy atom. The molecular weight excluding hydrogens is 246 g/mol. The number of urea groups is 1. The van der Waals surface area contributed by atoms with Crippen molar-refractivity contribution >= 4 is 17.7 Å². The molecule has 3 N–H and O–H groups in total. The molecule has 0 radical (unpaired) electrons. The quantitative estimate of drug-likeness (QED) is 0.773. The van der Waals surface area contributed by atoms with E-state index in [1.54, 1.807) is 18.3 Å². The maximum Gasteiger partial charge on any atom is 0.319 e. The van der Waals surface area contributed by atoms with Crippen molar-refractivity contribution in [3.63, 3.8) is 0 Å². The molecule has 0 bridgehead atoms. The van der Waals surface area contributed by atoms with Crippen LogP contribution in [0, 0.1) is 6.92 Å². The number of carboxylic acid groups (broad SMARTS) is 1. The fraction of sp³-hybridized carbons (Fsp3) is 0.462. The highest BCUT2D eigenvalue weighted by Crippen LogP contribution is 2.34. The van der Waals surface area contributed by atoms with E-state index in [1.165, 1.54) is 0 Å². The van der Waals surface area contributed by atoms with Crippen LogP contribution in [0.25, 0.3) is 0 Å². The molecule has 0 aliphatic heterocycles. The second-order valence-corrected chi connectivity index (χ2v) is 4.97. The lowest BCUT2D eigenvalue weighted by Crippen LogP contribution is -2.55. The number of aryl methyl sites for hydroxylation is 1. The minimum Gasteiger partial charge on any atom is -0.481 e. The zero-order valence-corrected chi connectivity index (χ0v) is 10.8. The summed E-state index contributed by atoms with van der Waals surface area (Å²) in [5, 5.41) is 14.3. The molecule has 1 heterocycles. The van der Waals surface area contributed by atoms with Crippen molar-refractivity contribution in [2.45, 2.75) is 38.1 Å². The van der Waals surface area contributed by atoms with Gasteiger partial charge in [0.2, 0.25) is 0 Å². The number of hydrogen-bond donors (Lipinski definition) is 3. The summed E-state index contributed by atoms with van der Waals surface area (Å²) in [5.41, 5.74) is 0.869. The second-order valence-electron chi connectivity index (χ2n) is 4.97. The number of amides is 2. The Balaban J connectivity index is 1.93. The maximum atomic E-state index is 11.8. The van der Waals surface area contributed by atoms with Gasteiger partial charge in [-0.05, 0) is 38.3 Å². The first-order chi connectivity index (χ1) is 8.99. The SMILES string of the molecule is Cc1ccc(NC(=O)NC2(CC(=O)O)CCC2)cn1. The average Bonchev–Trinajstić information content (AvgIpc) is 2.28. The van der Waals surface area contributed by atoms with E-state index in [0.717, 1.165) is 12.1 Å².